The van der Waals surface area contributed by atoms with Crippen molar-refractivity contribution in [3.63, 3.8) is 0 Å². The first kappa shape index (κ1) is 16.7. The van der Waals surface area contributed by atoms with Gasteiger partial charge in [-0.1, -0.05) is 17.8 Å². The predicted molar refractivity (Wildman–Crippen MR) is 89.8 cm³/mol. The Kier molecular flexibility index (Phi) is 5.27. The molecule has 1 N–H and O–H groups in total. The summed E-state index contributed by atoms with van der Waals surface area (Å²) in [7, 11) is 0. The van der Waals surface area contributed by atoms with E-state index in [0.717, 1.165) is 5.56 Å². The molecule has 1 amide bonds. The molecule has 0 unspecified atom stereocenters. The summed E-state index contributed by atoms with van der Waals surface area (Å²) in [5.41, 5.74) is 1.39. The molecular formula is C16H18N4O3S. The van der Waals surface area contributed by atoms with Crippen LogP contribution in [0.2, 0.25) is 0 Å². The number of carbonyl (C=O) groups is 1. The number of pyridine rings is 1. The van der Waals surface area contributed by atoms with Gasteiger partial charge in [-0.05, 0) is 13.0 Å². The van der Waals surface area contributed by atoms with Crippen molar-refractivity contribution in [3.8, 4) is 0 Å². The fourth-order valence-electron chi connectivity index (χ4n) is 2.49. The zero-order valence-corrected chi connectivity index (χ0v) is 14.1. The zero-order valence-electron chi connectivity index (χ0n) is 13.3. The van der Waals surface area contributed by atoms with E-state index in [-0.39, 0.29) is 23.3 Å². The van der Waals surface area contributed by atoms with E-state index in [4.69, 9.17) is 4.74 Å². The van der Waals surface area contributed by atoms with Gasteiger partial charge < -0.3 is 14.6 Å². The quantitative estimate of drug-likeness (QED) is 0.660. The fraction of sp³-hybridized carbons (Fsp3) is 0.375. The number of morpholine rings is 1. The van der Waals surface area contributed by atoms with Crippen molar-refractivity contribution < 1.29 is 9.53 Å². The van der Waals surface area contributed by atoms with Crippen molar-refractivity contribution in [3.05, 3.63) is 52.2 Å². The molecule has 0 aliphatic carbocycles. The topological polar surface area (TPSA) is 88.2 Å². The molecule has 2 aromatic heterocycles. The Morgan fingerprint density at radius 2 is 2.42 bits per heavy atom. The second-order valence-electron chi connectivity index (χ2n) is 5.47. The number of rotatable bonds is 4. The third-order valence-electron chi connectivity index (χ3n) is 3.66. The minimum absolute atomic E-state index is 0.00125. The number of amides is 1. The number of carbonyl (C=O) groups excluding carboxylic acids is 1. The molecule has 0 bridgehead atoms. The first-order chi connectivity index (χ1) is 11.6. The van der Waals surface area contributed by atoms with Crippen molar-refractivity contribution in [2.75, 3.05) is 25.4 Å². The highest BCUT2D eigenvalue weighted by Gasteiger charge is 2.25. The second-order valence-corrected chi connectivity index (χ2v) is 6.43. The minimum atomic E-state index is -0.208. The molecule has 0 aromatic carbocycles. The van der Waals surface area contributed by atoms with Gasteiger partial charge in [-0.3, -0.25) is 14.6 Å². The Morgan fingerprint density at radius 3 is 3.17 bits per heavy atom. The van der Waals surface area contributed by atoms with Crippen molar-refractivity contribution >= 4 is 17.7 Å². The summed E-state index contributed by atoms with van der Waals surface area (Å²) in [5.74, 6) is 0.230. The van der Waals surface area contributed by atoms with Crippen molar-refractivity contribution in [1.82, 2.24) is 19.9 Å². The lowest BCUT2D eigenvalue weighted by Gasteiger charge is -2.33. The average Bonchev–Trinajstić information content (AvgIpc) is 2.60. The number of H-pyrrole nitrogens is 1. The molecule has 0 radical (unpaired) electrons. The van der Waals surface area contributed by atoms with Crippen LogP contribution in [0.1, 0.15) is 17.4 Å². The van der Waals surface area contributed by atoms with Crippen molar-refractivity contribution in [2.45, 2.75) is 18.2 Å². The van der Waals surface area contributed by atoms with Gasteiger partial charge in [0.2, 0.25) is 5.91 Å². The number of hydrogen-bond donors (Lipinski definition) is 1. The maximum atomic E-state index is 12.4. The molecule has 1 saturated heterocycles. The lowest BCUT2D eigenvalue weighted by Crippen LogP contribution is -2.43. The van der Waals surface area contributed by atoms with Crippen molar-refractivity contribution in [2.24, 2.45) is 0 Å². The SMILES string of the molecule is Cc1cc(=O)[nH]c(SCC(=O)N2CCO[C@H](c3cccnc3)C2)n1. The van der Waals surface area contributed by atoms with Crippen LogP contribution in [-0.2, 0) is 9.53 Å². The maximum Gasteiger partial charge on any atom is 0.251 e. The Hall–Kier alpha value is -2.19. The summed E-state index contributed by atoms with van der Waals surface area (Å²) in [6.45, 7) is 3.31. The molecule has 7 nitrogen and oxygen atoms in total. The van der Waals surface area contributed by atoms with Gasteiger partial charge in [-0.15, -0.1) is 0 Å². The molecular weight excluding hydrogens is 328 g/mol. The van der Waals surface area contributed by atoms with Gasteiger partial charge in [0.15, 0.2) is 5.16 Å². The van der Waals surface area contributed by atoms with Gasteiger partial charge in [-0.2, -0.15) is 0 Å². The molecule has 24 heavy (non-hydrogen) atoms. The number of nitrogens with one attached hydrogen (secondary N) is 1. The first-order valence-corrected chi connectivity index (χ1v) is 8.60. The number of nitrogens with zero attached hydrogens (tertiary/aromatic N) is 3. The molecule has 8 heteroatoms. The molecule has 3 rings (SSSR count). The van der Waals surface area contributed by atoms with Crippen LogP contribution < -0.4 is 5.56 Å². The van der Waals surface area contributed by atoms with E-state index in [9.17, 15) is 9.59 Å². The van der Waals surface area contributed by atoms with E-state index in [1.54, 1.807) is 24.2 Å². The van der Waals surface area contributed by atoms with Gasteiger partial charge in [-0.25, -0.2) is 4.98 Å². The molecule has 1 aliphatic rings. The van der Waals surface area contributed by atoms with E-state index >= 15 is 0 Å². The summed E-state index contributed by atoms with van der Waals surface area (Å²) >= 11 is 1.24. The van der Waals surface area contributed by atoms with Crippen LogP contribution >= 0.6 is 11.8 Å². The molecule has 1 aliphatic heterocycles. The van der Waals surface area contributed by atoms with Crippen LogP contribution in [0.3, 0.4) is 0 Å². The zero-order chi connectivity index (χ0) is 16.9. The maximum absolute atomic E-state index is 12.4. The summed E-state index contributed by atoms with van der Waals surface area (Å²) < 4.78 is 5.74. The molecule has 1 atom stereocenters. The fourth-order valence-corrected chi connectivity index (χ4v) is 3.31. The molecule has 126 valence electrons. The van der Waals surface area contributed by atoms with Crippen LogP contribution in [-0.4, -0.2) is 51.2 Å². The van der Waals surface area contributed by atoms with Crippen LogP contribution in [0.25, 0.3) is 0 Å². The smallest absolute Gasteiger partial charge is 0.251 e. The van der Waals surface area contributed by atoms with Crippen LogP contribution in [0.5, 0.6) is 0 Å². The number of thioether (sulfide) groups is 1. The van der Waals surface area contributed by atoms with Crippen LogP contribution in [0, 0.1) is 6.92 Å². The van der Waals surface area contributed by atoms with Crippen LogP contribution in [0.15, 0.2) is 40.5 Å². The van der Waals surface area contributed by atoms with Crippen LogP contribution in [0.4, 0.5) is 0 Å². The number of aromatic amines is 1. The van der Waals surface area contributed by atoms with Gasteiger partial charge >= 0.3 is 0 Å². The summed E-state index contributed by atoms with van der Waals surface area (Å²) in [6, 6.07) is 5.23. The van der Waals surface area contributed by atoms with E-state index in [0.29, 0.717) is 30.5 Å². The Balaban J connectivity index is 1.59. The third kappa shape index (κ3) is 4.21. The summed E-state index contributed by atoms with van der Waals surface area (Å²) in [6.07, 6.45) is 3.31. The highest BCUT2D eigenvalue weighted by Crippen LogP contribution is 2.22. The Labute approximate surface area is 143 Å². The second kappa shape index (κ2) is 7.59. The van der Waals surface area contributed by atoms with Gasteiger partial charge in [0.25, 0.3) is 5.56 Å². The number of aryl methyl sites for hydroxylation is 1. The standard InChI is InChI=1S/C16H18N4O3S/c1-11-7-14(21)19-16(18-11)24-10-15(22)20-5-6-23-13(9-20)12-3-2-4-17-8-12/h2-4,7-8,13H,5-6,9-10H2,1H3,(H,18,19,21)/t13-/m0/s1. The van der Waals surface area contributed by atoms with E-state index in [1.807, 2.05) is 12.1 Å². The highest BCUT2D eigenvalue weighted by molar-refractivity contribution is 7.99. The van der Waals surface area contributed by atoms with Crippen molar-refractivity contribution in [1.29, 1.82) is 0 Å². The Morgan fingerprint density at radius 1 is 1.54 bits per heavy atom. The third-order valence-corrected chi connectivity index (χ3v) is 4.51. The molecule has 2 aromatic rings. The molecule has 0 spiro atoms. The first-order valence-electron chi connectivity index (χ1n) is 7.62. The minimum Gasteiger partial charge on any atom is -0.370 e. The molecule has 1 fully saturated rings. The monoisotopic (exact) mass is 346 g/mol. The van der Waals surface area contributed by atoms with E-state index < -0.39 is 0 Å². The van der Waals surface area contributed by atoms with Gasteiger partial charge in [0, 0.05) is 36.3 Å². The van der Waals surface area contributed by atoms with Gasteiger partial charge in [0.1, 0.15) is 6.10 Å². The lowest BCUT2D eigenvalue weighted by molar-refractivity contribution is -0.136. The van der Waals surface area contributed by atoms with E-state index in [2.05, 4.69) is 15.0 Å². The highest BCUT2D eigenvalue weighted by atomic mass is 32.2. The predicted octanol–water partition coefficient (Wildman–Crippen LogP) is 1.17. The Bertz CT molecular complexity index is 765. The largest absolute Gasteiger partial charge is 0.370 e. The summed E-state index contributed by atoms with van der Waals surface area (Å²) in [5, 5.41) is 0.463. The number of hydrogen-bond acceptors (Lipinski definition) is 6. The molecule has 3 heterocycles. The summed E-state index contributed by atoms with van der Waals surface area (Å²) in [4.78, 5) is 36.6. The lowest BCUT2D eigenvalue weighted by atomic mass is 10.1. The normalized spacial score (nSPS) is 17.7. The molecule has 0 saturated carbocycles. The van der Waals surface area contributed by atoms with Gasteiger partial charge in [0.05, 0.1) is 18.9 Å². The van der Waals surface area contributed by atoms with E-state index in [1.165, 1.54) is 17.8 Å². The average molecular weight is 346 g/mol. The number of aromatic nitrogens is 3. The number of ether oxygens (including phenoxy) is 1.